The smallest absolute Gasteiger partial charge is 0.251 e. The highest BCUT2D eigenvalue weighted by atomic mass is 19.1. The summed E-state index contributed by atoms with van der Waals surface area (Å²) in [5.41, 5.74) is 1.88. The second-order valence-corrected chi connectivity index (χ2v) is 6.74. The molecule has 0 radical (unpaired) electrons. The number of benzene rings is 2. The Balaban J connectivity index is 1.81. The molecule has 0 saturated carbocycles. The maximum atomic E-state index is 13.4. The maximum Gasteiger partial charge on any atom is 0.251 e. The molecule has 0 aromatic heterocycles. The van der Waals surface area contributed by atoms with Crippen LogP contribution in [-0.2, 0) is 9.53 Å². The van der Waals surface area contributed by atoms with Crippen LogP contribution in [0.1, 0.15) is 24.1 Å². The molecule has 3 rings (SSSR count). The standard InChI is InChI=1S/C21H24F2N2O2/c1-15(27-2)21(26)25-13-11-24(12-14-25)20(16-3-7-18(22)8-4-16)17-5-9-19(23)10-6-17/h3-10,15,20H,11-14H2,1-2H3/t15-/m1/s1. The van der Waals surface area contributed by atoms with Crippen LogP contribution in [0.2, 0.25) is 0 Å². The summed E-state index contributed by atoms with van der Waals surface area (Å²) in [5.74, 6) is -0.599. The molecule has 1 aliphatic heterocycles. The van der Waals surface area contributed by atoms with E-state index in [4.69, 9.17) is 4.74 Å². The van der Waals surface area contributed by atoms with Gasteiger partial charge in [-0.15, -0.1) is 0 Å². The Kier molecular flexibility index (Phi) is 6.19. The Morgan fingerprint density at radius 2 is 1.33 bits per heavy atom. The van der Waals surface area contributed by atoms with Crippen LogP contribution < -0.4 is 0 Å². The third-order valence-electron chi connectivity index (χ3n) is 5.06. The fourth-order valence-electron chi connectivity index (χ4n) is 3.46. The molecule has 4 nitrogen and oxygen atoms in total. The van der Waals surface area contributed by atoms with Crippen LogP contribution >= 0.6 is 0 Å². The van der Waals surface area contributed by atoms with Crippen LogP contribution in [0, 0.1) is 11.6 Å². The Morgan fingerprint density at radius 3 is 1.74 bits per heavy atom. The highest BCUT2D eigenvalue weighted by molar-refractivity contribution is 5.80. The third-order valence-corrected chi connectivity index (χ3v) is 5.06. The van der Waals surface area contributed by atoms with Crippen molar-refractivity contribution in [1.82, 2.24) is 9.80 Å². The number of amides is 1. The minimum absolute atomic E-state index is 0.0164. The molecule has 27 heavy (non-hydrogen) atoms. The lowest BCUT2D eigenvalue weighted by Crippen LogP contribution is -2.52. The number of hydrogen-bond acceptors (Lipinski definition) is 3. The highest BCUT2D eigenvalue weighted by Crippen LogP contribution is 2.30. The van der Waals surface area contributed by atoms with Gasteiger partial charge >= 0.3 is 0 Å². The Labute approximate surface area is 158 Å². The zero-order valence-electron chi connectivity index (χ0n) is 15.6. The molecular weight excluding hydrogens is 350 g/mol. The van der Waals surface area contributed by atoms with Crippen molar-refractivity contribution in [2.75, 3.05) is 33.3 Å². The average Bonchev–Trinajstić information content (AvgIpc) is 2.70. The number of halogens is 2. The van der Waals surface area contributed by atoms with Gasteiger partial charge in [0.05, 0.1) is 6.04 Å². The molecular formula is C21H24F2N2O2. The zero-order valence-corrected chi connectivity index (χ0v) is 15.6. The van der Waals surface area contributed by atoms with Gasteiger partial charge in [0.2, 0.25) is 0 Å². The van der Waals surface area contributed by atoms with Crippen LogP contribution in [0.15, 0.2) is 48.5 Å². The number of carbonyl (C=O) groups is 1. The van der Waals surface area contributed by atoms with Crippen molar-refractivity contribution in [1.29, 1.82) is 0 Å². The summed E-state index contributed by atoms with van der Waals surface area (Å²) >= 11 is 0. The minimum Gasteiger partial charge on any atom is -0.372 e. The first-order valence-electron chi connectivity index (χ1n) is 9.06. The normalized spacial score (nSPS) is 16.6. The van der Waals surface area contributed by atoms with E-state index in [1.165, 1.54) is 31.4 Å². The van der Waals surface area contributed by atoms with Gasteiger partial charge in [0, 0.05) is 33.3 Å². The Morgan fingerprint density at radius 1 is 0.889 bits per heavy atom. The number of nitrogens with zero attached hydrogens (tertiary/aromatic N) is 2. The second kappa shape index (κ2) is 8.59. The summed E-state index contributed by atoms with van der Waals surface area (Å²) in [5, 5.41) is 0. The van der Waals surface area contributed by atoms with Crippen molar-refractivity contribution >= 4 is 5.91 Å². The molecule has 0 N–H and O–H groups in total. The summed E-state index contributed by atoms with van der Waals surface area (Å²) in [6, 6.07) is 12.7. The quantitative estimate of drug-likeness (QED) is 0.806. The zero-order chi connectivity index (χ0) is 19.4. The monoisotopic (exact) mass is 374 g/mol. The lowest BCUT2D eigenvalue weighted by Gasteiger charge is -2.40. The summed E-state index contributed by atoms with van der Waals surface area (Å²) in [6.45, 7) is 4.26. The van der Waals surface area contributed by atoms with Crippen molar-refractivity contribution in [3.8, 4) is 0 Å². The summed E-state index contributed by atoms with van der Waals surface area (Å²) in [7, 11) is 1.53. The van der Waals surface area contributed by atoms with Crippen molar-refractivity contribution in [3.63, 3.8) is 0 Å². The fourth-order valence-corrected chi connectivity index (χ4v) is 3.46. The van der Waals surface area contributed by atoms with Crippen LogP contribution in [0.5, 0.6) is 0 Å². The van der Waals surface area contributed by atoms with Crippen molar-refractivity contribution < 1.29 is 18.3 Å². The largest absolute Gasteiger partial charge is 0.372 e. The predicted molar refractivity (Wildman–Crippen MR) is 99.3 cm³/mol. The molecule has 2 aromatic rings. The van der Waals surface area contributed by atoms with E-state index in [1.54, 1.807) is 36.1 Å². The maximum absolute atomic E-state index is 13.4. The topological polar surface area (TPSA) is 32.8 Å². The van der Waals surface area contributed by atoms with E-state index < -0.39 is 6.10 Å². The van der Waals surface area contributed by atoms with Crippen molar-refractivity contribution in [2.24, 2.45) is 0 Å². The van der Waals surface area contributed by atoms with Gasteiger partial charge in [0.15, 0.2) is 0 Å². The fraction of sp³-hybridized carbons (Fsp3) is 0.381. The molecule has 0 aliphatic carbocycles. The molecule has 1 aliphatic rings. The predicted octanol–water partition coefficient (Wildman–Crippen LogP) is 3.23. The summed E-state index contributed by atoms with van der Waals surface area (Å²) in [4.78, 5) is 16.4. The van der Waals surface area contributed by atoms with Gasteiger partial charge in [-0.3, -0.25) is 9.69 Å². The van der Waals surface area contributed by atoms with E-state index in [9.17, 15) is 13.6 Å². The van der Waals surface area contributed by atoms with Crippen LogP contribution in [0.3, 0.4) is 0 Å². The molecule has 1 saturated heterocycles. The first kappa shape index (κ1) is 19.5. The second-order valence-electron chi connectivity index (χ2n) is 6.74. The summed E-state index contributed by atoms with van der Waals surface area (Å²) < 4.78 is 31.9. The Bertz CT molecular complexity index is 711. The minimum atomic E-state index is -0.457. The lowest BCUT2D eigenvalue weighted by molar-refractivity contribution is -0.142. The van der Waals surface area contributed by atoms with Crippen molar-refractivity contribution in [2.45, 2.75) is 19.1 Å². The van der Waals surface area contributed by atoms with Gasteiger partial charge in [0.1, 0.15) is 17.7 Å². The third kappa shape index (κ3) is 4.51. The molecule has 144 valence electrons. The van der Waals surface area contributed by atoms with Gasteiger partial charge in [-0.25, -0.2) is 8.78 Å². The molecule has 1 fully saturated rings. The first-order valence-corrected chi connectivity index (χ1v) is 9.06. The van der Waals surface area contributed by atoms with Crippen LogP contribution in [0.4, 0.5) is 8.78 Å². The van der Waals surface area contributed by atoms with Gasteiger partial charge in [-0.2, -0.15) is 0 Å². The molecule has 1 amide bonds. The number of piperazine rings is 1. The molecule has 1 heterocycles. The highest BCUT2D eigenvalue weighted by Gasteiger charge is 2.29. The van der Waals surface area contributed by atoms with Gasteiger partial charge in [0.25, 0.3) is 5.91 Å². The van der Waals surface area contributed by atoms with Crippen LogP contribution in [0.25, 0.3) is 0 Å². The number of hydrogen-bond donors (Lipinski definition) is 0. The molecule has 6 heteroatoms. The SMILES string of the molecule is CO[C@H](C)C(=O)N1CCN(C(c2ccc(F)cc2)c2ccc(F)cc2)CC1. The molecule has 0 spiro atoms. The van der Waals surface area contributed by atoms with E-state index >= 15 is 0 Å². The Hall–Kier alpha value is -2.31. The number of ether oxygens (including phenoxy) is 1. The van der Waals surface area contributed by atoms with Gasteiger partial charge < -0.3 is 9.64 Å². The number of carbonyl (C=O) groups excluding carboxylic acids is 1. The molecule has 2 aromatic carbocycles. The van der Waals surface area contributed by atoms with Crippen molar-refractivity contribution in [3.05, 3.63) is 71.3 Å². The first-order chi connectivity index (χ1) is 13.0. The van der Waals surface area contributed by atoms with E-state index in [-0.39, 0.29) is 23.6 Å². The van der Waals surface area contributed by atoms with Gasteiger partial charge in [-0.05, 0) is 42.3 Å². The van der Waals surface area contributed by atoms with Crippen LogP contribution in [-0.4, -0.2) is 55.1 Å². The van der Waals surface area contributed by atoms with E-state index in [2.05, 4.69) is 4.90 Å². The molecule has 0 bridgehead atoms. The van der Waals surface area contributed by atoms with E-state index in [0.717, 1.165) is 11.1 Å². The van der Waals surface area contributed by atoms with Gasteiger partial charge in [-0.1, -0.05) is 24.3 Å². The molecule has 1 atom stereocenters. The van der Waals surface area contributed by atoms with E-state index in [0.29, 0.717) is 26.2 Å². The summed E-state index contributed by atoms with van der Waals surface area (Å²) in [6.07, 6.45) is -0.457. The molecule has 0 unspecified atom stereocenters. The number of rotatable bonds is 5. The lowest BCUT2D eigenvalue weighted by atomic mass is 9.96. The van der Waals surface area contributed by atoms with E-state index in [1.807, 2.05) is 0 Å². The average molecular weight is 374 g/mol. The number of methoxy groups -OCH3 is 1.